The number of rotatable bonds is 7. The van der Waals surface area contributed by atoms with E-state index in [1.807, 2.05) is 10.6 Å². The quantitative estimate of drug-likeness (QED) is 0.744. The summed E-state index contributed by atoms with van der Waals surface area (Å²) in [7, 11) is 1.68. The number of ether oxygens (including phenoxy) is 1. The topological polar surface area (TPSA) is 51.5 Å². The number of methoxy groups -OCH3 is 1. The number of nitrogens with zero attached hydrogens (tertiary/aromatic N) is 1. The van der Waals surface area contributed by atoms with Crippen molar-refractivity contribution in [3.8, 4) is 0 Å². The second-order valence-electron chi connectivity index (χ2n) is 4.45. The van der Waals surface area contributed by atoms with Crippen LogP contribution in [-0.4, -0.2) is 29.4 Å². The fourth-order valence-corrected chi connectivity index (χ4v) is 1.94. The molecule has 0 saturated carbocycles. The van der Waals surface area contributed by atoms with Gasteiger partial charge >= 0.3 is 5.97 Å². The van der Waals surface area contributed by atoms with Crippen molar-refractivity contribution in [2.75, 3.05) is 13.7 Å². The zero-order chi connectivity index (χ0) is 12.8. The lowest BCUT2D eigenvalue weighted by Crippen LogP contribution is -2.12. The Labute approximate surface area is 102 Å². The van der Waals surface area contributed by atoms with E-state index in [0.29, 0.717) is 11.6 Å². The van der Waals surface area contributed by atoms with Crippen molar-refractivity contribution in [1.82, 2.24) is 4.57 Å². The molecule has 0 aliphatic heterocycles. The average Bonchev–Trinajstić information content (AvgIpc) is 2.68. The lowest BCUT2D eigenvalue weighted by Gasteiger charge is -2.13. The van der Waals surface area contributed by atoms with E-state index in [9.17, 15) is 4.79 Å². The highest BCUT2D eigenvalue weighted by atomic mass is 16.5. The minimum Gasteiger partial charge on any atom is -0.477 e. The molecule has 0 aliphatic carbocycles. The van der Waals surface area contributed by atoms with Gasteiger partial charge in [0.15, 0.2) is 0 Å². The number of carbonyl (C=O) groups is 1. The molecule has 0 aliphatic rings. The lowest BCUT2D eigenvalue weighted by molar-refractivity contribution is 0.0684. The molecule has 0 amide bonds. The van der Waals surface area contributed by atoms with Crippen LogP contribution in [0.25, 0.3) is 0 Å². The number of carboxylic acid groups (broad SMARTS) is 1. The largest absolute Gasteiger partial charge is 0.477 e. The van der Waals surface area contributed by atoms with Crippen molar-refractivity contribution in [3.05, 3.63) is 23.5 Å². The summed E-state index contributed by atoms with van der Waals surface area (Å²) in [6.45, 7) is 5.62. The molecule has 0 unspecified atom stereocenters. The van der Waals surface area contributed by atoms with Crippen molar-refractivity contribution in [2.45, 2.75) is 39.2 Å². The maximum absolute atomic E-state index is 11.1. The lowest BCUT2D eigenvalue weighted by atomic mass is 10.1. The molecular weight excluding hydrogens is 218 g/mol. The van der Waals surface area contributed by atoms with Crippen molar-refractivity contribution in [1.29, 1.82) is 0 Å². The summed E-state index contributed by atoms with van der Waals surface area (Å²) in [5.41, 5.74) is 1.46. The molecule has 1 aromatic rings. The van der Waals surface area contributed by atoms with Crippen LogP contribution in [-0.2, 0) is 11.3 Å². The number of unbranched alkanes of at least 4 members (excludes halogenated alkanes) is 1. The van der Waals surface area contributed by atoms with Gasteiger partial charge < -0.3 is 14.4 Å². The Kier molecular flexibility index (Phi) is 5.22. The van der Waals surface area contributed by atoms with E-state index in [0.717, 1.165) is 31.7 Å². The van der Waals surface area contributed by atoms with Gasteiger partial charge in [-0.3, -0.25) is 0 Å². The first-order valence-corrected chi connectivity index (χ1v) is 5.99. The molecule has 0 atom stereocenters. The van der Waals surface area contributed by atoms with Gasteiger partial charge in [0.1, 0.15) is 5.69 Å². The summed E-state index contributed by atoms with van der Waals surface area (Å²) < 4.78 is 6.90. The molecule has 1 heterocycles. The Morgan fingerprint density at radius 3 is 2.65 bits per heavy atom. The zero-order valence-corrected chi connectivity index (χ0v) is 10.8. The van der Waals surface area contributed by atoms with Gasteiger partial charge in [-0.15, -0.1) is 0 Å². The molecule has 0 radical (unpaired) electrons. The van der Waals surface area contributed by atoms with Crippen molar-refractivity contribution >= 4 is 5.97 Å². The van der Waals surface area contributed by atoms with Gasteiger partial charge in [0, 0.05) is 26.0 Å². The highest BCUT2D eigenvalue weighted by Crippen LogP contribution is 2.19. The minimum atomic E-state index is -0.858. The molecule has 0 bridgehead atoms. The number of hydrogen-bond donors (Lipinski definition) is 1. The highest BCUT2D eigenvalue weighted by molar-refractivity contribution is 5.86. The number of aromatic carboxylic acids is 1. The van der Waals surface area contributed by atoms with E-state index in [1.165, 1.54) is 0 Å². The van der Waals surface area contributed by atoms with Crippen LogP contribution in [0.2, 0.25) is 0 Å². The predicted octanol–water partition coefficient (Wildman–Crippen LogP) is 2.74. The van der Waals surface area contributed by atoms with Gasteiger partial charge in [-0.2, -0.15) is 0 Å². The van der Waals surface area contributed by atoms with Crippen molar-refractivity contribution < 1.29 is 14.6 Å². The summed E-state index contributed by atoms with van der Waals surface area (Å²) in [4.78, 5) is 11.1. The summed E-state index contributed by atoms with van der Waals surface area (Å²) >= 11 is 0. The third kappa shape index (κ3) is 3.60. The highest BCUT2D eigenvalue weighted by Gasteiger charge is 2.15. The first-order chi connectivity index (χ1) is 8.07. The molecule has 0 aromatic carbocycles. The fraction of sp³-hybridized carbons (Fsp3) is 0.615. The van der Waals surface area contributed by atoms with E-state index in [4.69, 9.17) is 9.84 Å². The SMILES string of the molecule is COCCCCn1c(C(=O)O)ccc1C(C)C. The van der Waals surface area contributed by atoms with Gasteiger partial charge in [-0.25, -0.2) is 4.79 Å². The second kappa shape index (κ2) is 6.45. The van der Waals surface area contributed by atoms with Gasteiger partial charge in [0.05, 0.1) is 0 Å². The number of hydrogen-bond acceptors (Lipinski definition) is 2. The van der Waals surface area contributed by atoms with E-state index in [2.05, 4.69) is 13.8 Å². The van der Waals surface area contributed by atoms with Crippen LogP contribution in [0.3, 0.4) is 0 Å². The van der Waals surface area contributed by atoms with Crippen LogP contribution < -0.4 is 0 Å². The van der Waals surface area contributed by atoms with Crippen LogP contribution in [0.4, 0.5) is 0 Å². The molecule has 0 spiro atoms. The molecule has 1 rings (SSSR count). The molecule has 1 aromatic heterocycles. The first kappa shape index (κ1) is 13.8. The maximum Gasteiger partial charge on any atom is 0.352 e. The minimum absolute atomic E-state index is 0.338. The van der Waals surface area contributed by atoms with Gasteiger partial charge in [-0.05, 0) is 30.9 Å². The molecule has 4 heteroatoms. The summed E-state index contributed by atoms with van der Waals surface area (Å²) in [6.07, 6.45) is 1.88. The molecule has 17 heavy (non-hydrogen) atoms. The van der Waals surface area contributed by atoms with E-state index in [-0.39, 0.29) is 0 Å². The van der Waals surface area contributed by atoms with Crippen LogP contribution in [0.1, 0.15) is 48.8 Å². The van der Waals surface area contributed by atoms with Crippen molar-refractivity contribution in [2.24, 2.45) is 0 Å². The van der Waals surface area contributed by atoms with Crippen LogP contribution in [0.15, 0.2) is 12.1 Å². The summed E-state index contributed by atoms with van der Waals surface area (Å²) in [5, 5.41) is 9.12. The molecule has 1 N–H and O–H groups in total. The zero-order valence-electron chi connectivity index (χ0n) is 10.8. The first-order valence-electron chi connectivity index (χ1n) is 5.99. The Balaban J connectivity index is 2.78. The third-order valence-corrected chi connectivity index (χ3v) is 2.81. The van der Waals surface area contributed by atoms with Crippen LogP contribution in [0.5, 0.6) is 0 Å². The Bertz CT molecular complexity index is 369. The number of carboxylic acids is 1. The standard InChI is InChI=1S/C13H21NO3/c1-10(2)11-6-7-12(13(15)16)14(11)8-4-5-9-17-3/h6-7,10H,4-5,8-9H2,1-3H3,(H,15,16). The van der Waals surface area contributed by atoms with E-state index >= 15 is 0 Å². The van der Waals surface area contributed by atoms with Gasteiger partial charge in [0.25, 0.3) is 0 Å². The van der Waals surface area contributed by atoms with Gasteiger partial charge in [-0.1, -0.05) is 13.8 Å². The normalized spacial score (nSPS) is 11.1. The molecule has 0 saturated heterocycles. The predicted molar refractivity (Wildman–Crippen MR) is 66.6 cm³/mol. The van der Waals surface area contributed by atoms with Crippen LogP contribution >= 0.6 is 0 Å². The van der Waals surface area contributed by atoms with Crippen LogP contribution in [0, 0.1) is 0 Å². The molecule has 0 fully saturated rings. The smallest absolute Gasteiger partial charge is 0.352 e. The molecule has 96 valence electrons. The Hall–Kier alpha value is -1.29. The summed E-state index contributed by atoms with van der Waals surface area (Å²) in [5.74, 6) is -0.519. The average molecular weight is 239 g/mol. The second-order valence-corrected chi connectivity index (χ2v) is 4.45. The monoisotopic (exact) mass is 239 g/mol. The Morgan fingerprint density at radius 1 is 1.41 bits per heavy atom. The van der Waals surface area contributed by atoms with Gasteiger partial charge in [0.2, 0.25) is 0 Å². The molecular formula is C13H21NO3. The van der Waals surface area contributed by atoms with E-state index < -0.39 is 5.97 Å². The number of aromatic nitrogens is 1. The van der Waals surface area contributed by atoms with E-state index in [1.54, 1.807) is 13.2 Å². The maximum atomic E-state index is 11.1. The van der Waals surface area contributed by atoms with Crippen molar-refractivity contribution in [3.63, 3.8) is 0 Å². The summed E-state index contributed by atoms with van der Waals surface area (Å²) in [6, 6.07) is 3.60. The Morgan fingerprint density at radius 2 is 2.12 bits per heavy atom. The molecule has 4 nitrogen and oxygen atoms in total. The third-order valence-electron chi connectivity index (χ3n) is 2.81. The fourth-order valence-electron chi connectivity index (χ4n) is 1.94.